The zero-order valence-electron chi connectivity index (χ0n) is 18.7. The van der Waals surface area contributed by atoms with Crippen LogP contribution in [0.5, 0.6) is 0 Å². The fraction of sp³-hybridized carbons (Fsp3) is 0.640. The third kappa shape index (κ3) is 6.31. The highest BCUT2D eigenvalue weighted by Crippen LogP contribution is 2.27. The molecule has 3 rings (SSSR count). The molecule has 1 unspecified atom stereocenters. The van der Waals surface area contributed by atoms with Gasteiger partial charge in [0, 0.05) is 12.2 Å². The van der Waals surface area contributed by atoms with E-state index in [0.29, 0.717) is 12.5 Å². The molecule has 6 heteroatoms. The minimum absolute atomic E-state index is 0.148. The van der Waals surface area contributed by atoms with Crippen molar-refractivity contribution in [2.75, 3.05) is 0 Å². The lowest BCUT2D eigenvalue weighted by Gasteiger charge is -2.27. The summed E-state index contributed by atoms with van der Waals surface area (Å²) >= 11 is 0. The number of nitrogens with one attached hydrogen (secondary N) is 1. The molecule has 1 aromatic heterocycles. The largest absolute Gasteiger partial charge is 0.481 e. The number of hydrogen-bond acceptors (Lipinski definition) is 3. The summed E-state index contributed by atoms with van der Waals surface area (Å²) in [5.41, 5.74) is 2.15. The molecule has 0 aliphatic heterocycles. The second kappa shape index (κ2) is 11.3. The van der Waals surface area contributed by atoms with Crippen LogP contribution >= 0.6 is 0 Å². The van der Waals surface area contributed by atoms with Crippen LogP contribution in [-0.2, 0) is 24.2 Å². The molecule has 1 atom stereocenters. The number of fused-ring (bicyclic) bond motifs is 1. The van der Waals surface area contributed by atoms with Crippen LogP contribution in [-0.4, -0.2) is 27.6 Å². The number of aromatic nitrogens is 1. The molecule has 31 heavy (non-hydrogen) atoms. The summed E-state index contributed by atoms with van der Waals surface area (Å²) in [4.78, 5) is 37.7. The van der Waals surface area contributed by atoms with Gasteiger partial charge in [-0.2, -0.15) is 0 Å². The molecule has 1 heterocycles. The van der Waals surface area contributed by atoms with Gasteiger partial charge in [-0.25, -0.2) is 0 Å². The molecule has 2 N–H and O–H groups in total. The number of carbonyl (C=O) groups is 2. The van der Waals surface area contributed by atoms with Gasteiger partial charge < -0.3 is 15.0 Å². The highest BCUT2D eigenvalue weighted by atomic mass is 16.4. The summed E-state index contributed by atoms with van der Waals surface area (Å²) in [5, 5.41) is 11.9. The molecule has 2 aliphatic rings. The van der Waals surface area contributed by atoms with Crippen LogP contribution in [0.2, 0.25) is 0 Å². The van der Waals surface area contributed by atoms with Crippen LogP contribution < -0.4 is 10.9 Å². The molecule has 0 aromatic carbocycles. The van der Waals surface area contributed by atoms with Gasteiger partial charge in [-0.05, 0) is 63.0 Å². The topological polar surface area (TPSA) is 88.4 Å². The monoisotopic (exact) mass is 428 g/mol. The van der Waals surface area contributed by atoms with Crippen molar-refractivity contribution >= 4 is 11.9 Å². The SMILES string of the molecule is C/C=C/C(CC(=O)O)NC(=O)c1cc2c(n(CC3CCCCC3)c1=O)CCCCCC2. The molecule has 170 valence electrons. The average Bonchev–Trinajstić information content (AvgIpc) is 2.71. The van der Waals surface area contributed by atoms with Crippen molar-refractivity contribution in [3.05, 3.63) is 45.4 Å². The Bertz CT molecular complexity index is 865. The lowest BCUT2D eigenvalue weighted by Crippen LogP contribution is -2.40. The Kier molecular flexibility index (Phi) is 8.50. The molecule has 1 fully saturated rings. The Morgan fingerprint density at radius 3 is 2.48 bits per heavy atom. The second-order valence-electron chi connectivity index (χ2n) is 9.07. The zero-order chi connectivity index (χ0) is 22.2. The third-order valence-electron chi connectivity index (χ3n) is 6.65. The van der Waals surface area contributed by atoms with Crippen LogP contribution in [0.25, 0.3) is 0 Å². The smallest absolute Gasteiger partial charge is 0.305 e. The van der Waals surface area contributed by atoms with E-state index in [4.69, 9.17) is 5.11 Å². The Balaban J connectivity index is 1.96. The van der Waals surface area contributed by atoms with E-state index in [9.17, 15) is 14.4 Å². The van der Waals surface area contributed by atoms with Gasteiger partial charge in [0.15, 0.2) is 0 Å². The van der Waals surface area contributed by atoms with Crippen molar-refractivity contribution in [1.82, 2.24) is 9.88 Å². The van der Waals surface area contributed by atoms with Crippen LogP contribution in [0.4, 0.5) is 0 Å². The Morgan fingerprint density at radius 2 is 1.81 bits per heavy atom. The predicted molar refractivity (Wildman–Crippen MR) is 121 cm³/mol. The fourth-order valence-corrected chi connectivity index (χ4v) is 5.05. The Morgan fingerprint density at radius 1 is 1.13 bits per heavy atom. The Hall–Kier alpha value is -2.37. The number of carboxylic acid groups (broad SMARTS) is 1. The molecule has 0 saturated heterocycles. The molecular weight excluding hydrogens is 392 g/mol. The molecule has 1 saturated carbocycles. The van der Waals surface area contributed by atoms with Gasteiger partial charge in [0.05, 0.1) is 12.5 Å². The maximum atomic E-state index is 13.5. The lowest BCUT2D eigenvalue weighted by atomic mass is 9.88. The van der Waals surface area contributed by atoms with Gasteiger partial charge in [-0.3, -0.25) is 14.4 Å². The normalized spacial score (nSPS) is 18.7. The van der Waals surface area contributed by atoms with Crippen molar-refractivity contribution in [1.29, 1.82) is 0 Å². The zero-order valence-corrected chi connectivity index (χ0v) is 18.7. The van der Waals surface area contributed by atoms with Crippen molar-refractivity contribution in [3.63, 3.8) is 0 Å². The van der Waals surface area contributed by atoms with Crippen molar-refractivity contribution in [2.24, 2.45) is 5.92 Å². The summed E-state index contributed by atoms with van der Waals surface area (Å²) < 4.78 is 1.90. The predicted octanol–water partition coefficient (Wildman–Crippen LogP) is 4.24. The number of aliphatic carboxylic acids is 1. The van der Waals surface area contributed by atoms with Gasteiger partial charge >= 0.3 is 5.97 Å². The van der Waals surface area contributed by atoms with Crippen molar-refractivity contribution < 1.29 is 14.7 Å². The first-order chi connectivity index (χ1) is 15.0. The lowest BCUT2D eigenvalue weighted by molar-refractivity contribution is -0.137. The summed E-state index contributed by atoms with van der Waals surface area (Å²) in [5.74, 6) is -0.977. The molecule has 0 radical (unpaired) electrons. The van der Waals surface area contributed by atoms with Crippen molar-refractivity contribution in [2.45, 2.75) is 96.6 Å². The molecule has 1 aromatic rings. The maximum Gasteiger partial charge on any atom is 0.305 e. The van der Waals surface area contributed by atoms with E-state index in [0.717, 1.165) is 49.8 Å². The average molecular weight is 429 g/mol. The number of amides is 1. The molecule has 0 spiro atoms. The number of pyridine rings is 1. The molecular formula is C25H36N2O4. The highest BCUT2D eigenvalue weighted by molar-refractivity contribution is 5.94. The minimum Gasteiger partial charge on any atom is -0.481 e. The summed E-state index contributed by atoms with van der Waals surface area (Å²) in [6.45, 7) is 2.47. The van der Waals surface area contributed by atoms with Gasteiger partial charge in [0.25, 0.3) is 11.5 Å². The van der Waals surface area contributed by atoms with E-state index in [1.165, 1.54) is 32.1 Å². The fourth-order valence-electron chi connectivity index (χ4n) is 5.05. The Labute approximate surface area is 184 Å². The standard InChI is InChI=1S/C25H36N2O4/c1-2-10-20(16-23(28)29)26-24(30)21-15-19-13-8-3-4-9-14-22(19)27(25(21)31)17-18-11-6-5-7-12-18/h2,10,15,18,20H,3-9,11-14,16-17H2,1H3,(H,26,30)(H,28,29)/b10-2+. The van der Waals surface area contributed by atoms with Crippen LogP contribution in [0.15, 0.2) is 23.0 Å². The minimum atomic E-state index is -0.990. The number of carbonyl (C=O) groups excluding carboxylic acids is 1. The van der Waals surface area contributed by atoms with Crippen LogP contribution in [0.1, 0.15) is 92.7 Å². The van der Waals surface area contributed by atoms with Gasteiger partial charge in [0.2, 0.25) is 0 Å². The number of rotatable bonds is 7. The van der Waals surface area contributed by atoms with E-state index in [1.54, 1.807) is 25.1 Å². The van der Waals surface area contributed by atoms with Crippen LogP contribution in [0, 0.1) is 5.92 Å². The van der Waals surface area contributed by atoms with E-state index in [2.05, 4.69) is 5.32 Å². The third-order valence-corrected chi connectivity index (χ3v) is 6.65. The molecule has 2 aliphatic carbocycles. The van der Waals surface area contributed by atoms with E-state index in [1.807, 2.05) is 4.57 Å². The van der Waals surface area contributed by atoms with Gasteiger partial charge in [-0.15, -0.1) is 0 Å². The van der Waals surface area contributed by atoms with Gasteiger partial charge in [-0.1, -0.05) is 44.3 Å². The van der Waals surface area contributed by atoms with Gasteiger partial charge in [0.1, 0.15) is 5.56 Å². The first-order valence-corrected chi connectivity index (χ1v) is 11.9. The van der Waals surface area contributed by atoms with E-state index < -0.39 is 17.9 Å². The number of nitrogens with zero attached hydrogens (tertiary/aromatic N) is 1. The van der Waals surface area contributed by atoms with Crippen LogP contribution in [0.3, 0.4) is 0 Å². The first-order valence-electron chi connectivity index (χ1n) is 11.9. The maximum absolute atomic E-state index is 13.5. The summed E-state index contributed by atoms with van der Waals surface area (Å²) in [6.07, 6.45) is 15.4. The first kappa shape index (κ1) is 23.3. The molecule has 1 amide bonds. The van der Waals surface area contributed by atoms with E-state index >= 15 is 0 Å². The number of hydrogen-bond donors (Lipinski definition) is 2. The molecule has 0 bridgehead atoms. The second-order valence-corrected chi connectivity index (χ2v) is 9.07. The molecule has 6 nitrogen and oxygen atoms in total. The summed E-state index contributed by atoms with van der Waals surface area (Å²) in [6, 6.07) is 1.15. The van der Waals surface area contributed by atoms with E-state index in [-0.39, 0.29) is 17.5 Å². The number of allylic oxidation sites excluding steroid dienone is 1. The highest BCUT2D eigenvalue weighted by Gasteiger charge is 2.24. The van der Waals surface area contributed by atoms with Crippen molar-refractivity contribution in [3.8, 4) is 0 Å². The number of carboxylic acids is 1. The summed E-state index contributed by atoms with van der Waals surface area (Å²) in [7, 11) is 0. The number of aryl methyl sites for hydroxylation is 1. The quantitative estimate of drug-likeness (QED) is 0.636.